The summed E-state index contributed by atoms with van der Waals surface area (Å²) in [5.41, 5.74) is 1.52. The van der Waals surface area contributed by atoms with Gasteiger partial charge in [-0.1, -0.05) is 23.2 Å². The fourth-order valence-corrected chi connectivity index (χ4v) is 5.33. The molecule has 0 radical (unpaired) electrons. The molecular formula is C23H25Cl2FN6O3. The van der Waals surface area contributed by atoms with Crippen LogP contribution in [-0.4, -0.2) is 49.9 Å². The normalized spacial score (nSPS) is 21.2. The SMILES string of the molecule is O=C(O)C1CCC(n2c(Nc3c(Cl)cc(F)cc3Cl)nc3cnc(NC4CCOCC4)nc32)CC1. The average Bonchev–Trinajstić information content (AvgIpc) is 3.19. The monoisotopic (exact) mass is 522 g/mol. The van der Waals surface area contributed by atoms with E-state index in [2.05, 4.69) is 20.6 Å². The number of carbonyl (C=O) groups is 1. The predicted octanol–water partition coefficient (Wildman–Crippen LogP) is 5.42. The molecule has 3 aromatic rings. The fourth-order valence-electron chi connectivity index (χ4n) is 4.77. The number of imidazole rings is 1. The molecule has 0 spiro atoms. The lowest BCUT2D eigenvalue weighted by Gasteiger charge is -2.28. The zero-order valence-corrected chi connectivity index (χ0v) is 20.3. The molecule has 186 valence electrons. The summed E-state index contributed by atoms with van der Waals surface area (Å²) in [5.74, 6) is -0.743. The van der Waals surface area contributed by atoms with Gasteiger partial charge in [-0.05, 0) is 50.7 Å². The number of halogens is 3. The highest BCUT2D eigenvalue weighted by Gasteiger charge is 2.30. The largest absolute Gasteiger partial charge is 0.481 e. The number of carboxylic acids is 1. The molecule has 2 fully saturated rings. The summed E-state index contributed by atoms with van der Waals surface area (Å²) in [7, 11) is 0. The van der Waals surface area contributed by atoms with Crippen LogP contribution in [0.15, 0.2) is 18.3 Å². The first-order valence-corrected chi connectivity index (χ1v) is 12.4. The molecule has 0 bridgehead atoms. The van der Waals surface area contributed by atoms with Gasteiger partial charge < -0.3 is 20.5 Å². The second-order valence-corrected chi connectivity index (χ2v) is 9.77. The summed E-state index contributed by atoms with van der Waals surface area (Å²) in [6.45, 7) is 1.38. The summed E-state index contributed by atoms with van der Waals surface area (Å²) >= 11 is 12.5. The molecule has 5 rings (SSSR count). The van der Waals surface area contributed by atoms with Crippen LogP contribution in [0.3, 0.4) is 0 Å². The number of fused-ring (bicyclic) bond motifs is 1. The van der Waals surface area contributed by atoms with Crippen molar-refractivity contribution in [2.45, 2.75) is 50.6 Å². The Balaban J connectivity index is 1.52. The third-order valence-corrected chi connectivity index (χ3v) is 7.24. The first-order chi connectivity index (χ1) is 16.9. The van der Waals surface area contributed by atoms with Crippen LogP contribution in [0.2, 0.25) is 10.0 Å². The molecular weight excluding hydrogens is 498 g/mol. The van der Waals surface area contributed by atoms with Gasteiger partial charge in [-0.15, -0.1) is 0 Å². The van der Waals surface area contributed by atoms with Crippen molar-refractivity contribution in [1.29, 1.82) is 0 Å². The molecule has 1 saturated carbocycles. The second kappa shape index (κ2) is 10.1. The van der Waals surface area contributed by atoms with E-state index in [1.54, 1.807) is 6.20 Å². The lowest BCUT2D eigenvalue weighted by atomic mass is 9.86. The zero-order valence-electron chi connectivity index (χ0n) is 18.8. The van der Waals surface area contributed by atoms with Gasteiger partial charge in [-0.25, -0.2) is 14.4 Å². The Morgan fingerprint density at radius 1 is 1.09 bits per heavy atom. The van der Waals surface area contributed by atoms with Crippen molar-refractivity contribution in [2.24, 2.45) is 5.92 Å². The number of benzene rings is 1. The Kier molecular flexibility index (Phi) is 6.95. The number of anilines is 3. The molecule has 2 aromatic heterocycles. The molecule has 0 amide bonds. The Morgan fingerprint density at radius 2 is 1.77 bits per heavy atom. The summed E-state index contributed by atoms with van der Waals surface area (Å²) in [5, 5.41) is 16.2. The van der Waals surface area contributed by atoms with Crippen LogP contribution in [0.1, 0.15) is 44.6 Å². The molecule has 35 heavy (non-hydrogen) atoms. The van der Waals surface area contributed by atoms with Gasteiger partial charge >= 0.3 is 5.97 Å². The Labute approximate surface area is 211 Å². The first kappa shape index (κ1) is 24.0. The average molecular weight is 523 g/mol. The van der Waals surface area contributed by atoms with E-state index >= 15 is 0 Å². The lowest BCUT2D eigenvalue weighted by molar-refractivity contribution is -0.143. The van der Waals surface area contributed by atoms with Crippen LogP contribution in [0.25, 0.3) is 11.2 Å². The van der Waals surface area contributed by atoms with Crippen LogP contribution < -0.4 is 10.6 Å². The van der Waals surface area contributed by atoms with E-state index in [0.717, 1.165) is 12.8 Å². The van der Waals surface area contributed by atoms with Gasteiger partial charge in [0.2, 0.25) is 11.9 Å². The van der Waals surface area contributed by atoms with E-state index in [0.29, 0.717) is 67.6 Å². The maximum absolute atomic E-state index is 13.7. The molecule has 1 aliphatic heterocycles. The molecule has 1 aliphatic carbocycles. The number of aliphatic carboxylic acids is 1. The molecule has 3 heterocycles. The fraction of sp³-hybridized carbons (Fsp3) is 0.478. The number of nitrogens with zero attached hydrogens (tertiary/aromatic N) is 4. The first-order valence-electron chi connectivity index (χ1n) is 11.6. The smallest absolute Gasteiger partial charge is 0.306 e. The van der Waals surface area contributed by atoms with Crippen molar-refractivity contribution < 1.29 is 19.0 Å². The number of hydrogen-bond acceptors (Lipinski definition) is 7. The van der Waals surface area contributed by atoms with Gasteiger partial charge in [0.15, 0.2) is 5.65 Å². The van der Waals surface area contributed by atoms with Crippen LogP contribution in [-0.2, 0) is 9.53 Å². The van der Waals surface area contributed by atoms with Gasteiger partial charge in [-0.3, -0.25) is 9.36 Å². The van der Waals surface area contributed by atoms with Crippen LogP contribution in [0.5, 0.6) is 0 Å². The summed E-state index contributed by atoms with van der Waals surface area (Å²) in [6.07, 6.45) is 5.79. The summed E-state index contributed by atoms with van der Waals surface area (Å²) in [6, 6.07) is 2.53. The van der Waals surface area contributed by atoms with Crippen molar-refractivity contribution in [3.05, 3.63) is 34.2 Å². The minimum Gasteiger partial charge on any atom is -0.481 e. The van der Waals surface area contributed by atoms with Crippen molar-refractivity contribution in [1.82, 2.24) is 19.5 Å². The lowest BCUT2D eigenvalue weighted by Crippen LogP contribution is -2.28. The highest BCUT2D eigenvalue weighted by molar-refractivity contribution is 6.39. The third-order valence-electron chi connectivity index (χ3n) is 6.64. The topological polar surface area (TPSA) is 114 Å². The van der Waals surface area contributed by atoms with Crippen LogP contribution in [0, 0.1) is 11.7 Å². The highest BCUT2D eigenvalue weighted by Crippen LogP contribution is 2.39. The molecule has 0 atom stereocenters. The van der Waals surface area contributed by atoms with Crippen LogP contribution in [0.4, 0.5) is 22.0 Å². The van der Waals surface area contributed by atoms with E-state index in [-0.39, 0.29) is 28.0 Å². The maximum atomic E-state index is 13.7. The third kappa shape index (κ3) is 5.14. The van der Waals surface area contributed by atoms with Gasteiger partial charge in [-0.2, -0.15) is 4.98 Å². The minimum absolute atomic E-state index is 0.0399. The highest BCUT2D eigenvalue weighted by atomic mass is 35.5. The van der Waals surface area contributed by atoms with E-state index in [1.165, 1.54) is 12.1 Å². The van der Waals surface area contributed by atoms with Crippen molar-refractivity contribution in [2.75, 3.05) is 23.8 Å². The Morgan fingerprint density at radius 3 is 2.43 bits per heavy atom. The van der Waals surface area contributed by atoms with Gasteiger partial charge in [0.1, 0.15) is 11.3 Å². The standard InChI is InChI=1S/C23H25Cl2FN6O3/c24-16-9-13(26)10-17(25)19(16)30-23-29-18-11-27-22(28-14-5-7-35-8-6-14)31-20(18)32(23)15-3-1-12(2-4-15)21(33)34/h9-12,14-15H,1-8H2,(H,29,30)(H,33,34)(H,27,28,31). The van der Waals surface area contributed by atoms with E-state index < -0.39 is 11.8 Å². The van der Waals surface area contributed by atoms with Crippen molar-refractivity contribution >= 4 is 57.9 Å². The quantitative estimate of drug-likeness (QED) is 0.393. The molecule has 12 heteroatoms. The molecule has 9 nitrogen and oxygen atoms in total. The summed E-state index contributed by atoms with van der Waals surface area (Å²) < 4.78 is 21.1. The maximum Gasteiger partial charge on any atom is 0.306 e. The molecule has 1 aromatic carbocycles. The van der Waals surface area contributed by atoms with Gasteiger partial charge in [0, 0.05) is 25.3 Å². The number of carboxylic acid groups (broad SMARTS) is 1. The summed E-state index contributed by atoms with van der Waals surface area (Å²) in [4.78, 5) is 25.4. The second-order valence-electron chi connectivity index (χ2n) is 8.95. The molecule has 1 saturated heterocycles. The number of rotatable bonds is 6. The zero-order chi connectivity index (χ0) is 24.5. The number of ether oxygens (including phenoxy) is 1. The number of nitrogens with one attached hydrogen (secondary N) is 2. The van der Waals surface area contributed by atoms with E-state index in [1.807, 2.05) is 4.57 Å². The van der Waals surface area contributed by atoms with E-state index in [9.17, 15) is 14.3 Å². The molecule has 0 unspecified atom stereocenters. The van der Waals surface area contributed by atoms with Crippen molar-refractivity contribution in [3.63, 3.8) is 0 Å². The molecule has 2 aliphatic rings. The van der Waals surface area contributed by atoms with Gasteiger partial charge in [0.05, 0.1) is 27.8 Å². The van der Waals surface area contributed by atoms with Crippen molar-refractivity contribution in [3.8, 4) is 0 Å². The predicted molar refractivity (Wildman–Crippen MR) is 131 cm³/mol. The molecule has 3 N–H and O–H groups in total. The minimum atomic E-state index is -0.771. The number of aromatic nitrogens is 4. The Hall–Kier alpha value is -2.69. The Bertz CT molecular complexity index is 1220. The van der Waals surface area contributed by atoms with E-state index in [4.69, 9.17) is 32.9 Å². The van der Waals surface area contributed by atoms with Crippen LogP contribution >= 0.6 is 23.2 Å². The van der Waals surface area contributed by atoms with Gasteiger partial charge in [0.25, 0.3) is 0 Å². The number of hydrogen-bond donors (Lipinski definition) is 3.